The van der Waals surface area contributed by atoms with Crippen LogP contribution < -0.4 is 15.0 Å². The second-order valence-electron chi connectivity index (χ2n) is 2.73. The van der Waals surface area contributed by atoms with Gasteiger partial charge in [-0.3, -0.25) is 5.01 Å². The van der Waals surface area contributed by atoms with Gasteiger partial charge in [0.1, 0.15) is 4.90 Å². The van der Waals surface area contributed by atoms with E-state index < -0.39 is 10.0 Å². The topological polar surface area (TPSA) is 88.3 Å². The maximum Gasteiger partial charge on any atom is 0.241 e. The van der Waals surface area contributed by atoms with Crippen molar-refractivity contribution >= 4 is 27.8 Å². The summed E-state index contributed by atoms with van der Waals surface area (Å²) < 4.78 is 22.5. The Kier molecular flexibility index (Phi) is 2.65. The molecule has 0 unspecified atom stereocenters. The Hall–Kier alpha value is -1.09. The molecule has 15 heavy (non-hydrogen) atoms. The lowest BCUT2D eigenvalue weighted by atomic mass is 10.4. The Labute approximate surface area is 91.3 Å². The largest absolute Gasteiger partial charge is 0.255 e. The second-order valence-corrected chi connectivity index (χ2v) is 4.95. The summed E-state index contributed by atoms with van der Waals surface area (Å²) in [6.45, 7) is 0. The molecule has 80 valence electrons. The quantitative estimate of drug-likeness (QED) is 0.721. The molecule has 2 heterocycles. The Balaban J connectivity index is 2.51. The summed E-state index contributed by atoms with van der Waals surface area (Å²) in [5.41, 5.74) is 0. The molecule has 6 nitrogen and oxygen atoms in total. The van der Waals surface area contributed by atoms with Crippen molar-refractivity contribution in [1.82, 2.24) is 9.82 Å². The van der Waals surface area contributed by atoms with Gasteiger partial charge < -0.3 is 0 Å². The molecule has 8 heteroatoms. The van der Waals surface area contributed by atoms with Crippen molar-refractivity contribution in [3.05, 3.63) is 29.9 Å². The molecule has 0 bridgehead atoms. The molecule has 0 aromatic carbocycles. The maximum absolute atomic E-state index is 11.3. The molecular weight excluding hydrogens is 236 g/mol. The predicted molar refractivity (Wildman–Crippen MR) is 58.0 cm³/mol. The molecule has 0 radical (unpaired) electrons. The minimum Gasteiger partial charge on any atom is -0.255 e. The smallest absolute Gasteiger partial charge is 0.241 e. The molecule has 1 aliphatic rings. The number of nitrogens with two attached hydrogens (primary N) is 1. The Morgan fingerprint density at radius 2 is 2.33 bits per heavy atom. The van der Waals surface area contributed by atoms with Gasteiger partial charge in [-0.15, -0.1) is 0 Å². The Bertz CT molecular complexity index is 499. The van der Waals surface area contributed by atoms with Gasteiger partial charge in [0.2, 0.25) is 10.0 Å². The van der Waals surface area contributed by atoms with E-state index in [9.17, 15) is 8.42 Å². The average Bonchev–Trinajstić information content (AvgIpc) is 2.69. The van der Waals surface area contributed by atoms with Crippen LogP contribution in [-0.2, 0) is 10.0 Å². The number of nitrogens with one attached hydrogen (secondary N) is 1. The van der Waals surface area contributed by atoms with E-state index in [-0.39, 0.29) is 10.7 Å². The van der Waals surface area contributed by atoms with Crippen LogP contribution in [0.2, 0.25) is 0 Å². The van der Waals surface area contributed by atoms with E-state index >= 15 is 0 Å². The number of primary sulfonamides is 1. The number of hydrazine groups is 1. The van der Waals surface area contributed by atoms with E-state index in [0.717, 1.165) is 0 Å². The number of anilines is 1. The monoisotopic (exact) mass is 244 g/mol. The summed E-state index contributed by atoms with van der Waals surface area (Å²) in [6, 6.07) is 2.94. The molecule has 1 aliphatic heterocycles. The van der Waals surface area contributed by atoms with Gasteiger partial charge in [-0.1, -0.05) is 0 Å². The zero-order chi connectivity index (χ0) is 10.9. The molecule has 0 amide bonds. The van der Waals surface area contributed by atoms with Crippen LogP contribution in [0, 0.1) is 0 Å². The standard InChI is InChI=1S/C7H8N4O2S2/c8-15(12,13)6-2-1-3-9-7(6)11-4-5-14-10-11/h1-5,10H,(H2,8,12,13). The molecular formula is C7H8N4O2S2. The van der Waals surface area contributed by atoms with Crippen LogP contribution in [0.3, 0.4) is 0 Å². The highest BCUT2D eigenvalue weighted by Crippen LogP contribution is 2.23. The van der Waals surface area contributed by atoms with Crippen molar-refractivity contribution in [1.29, 1.82) is 0 Å². The zero-order valence-electron chi connectivity index (χ0n) is 7.49. The van der Waals surface area contributed by atoms with Crippen molar-refractivity contribution < 1.29 is 8.42 Å². The van der Waals surface area contributed by atoms with Crippen LogP contribution in [0.1, 0.15) is 0 Å². The van der Waals surface area contributed by atoms with Crippen LogP contribution in [0.15, 0.2) is 34.8 Å². The SMILES string of the molecule is NS(=O)(=O)c1cccnc1N1C=CSN1. The zero-order valence-corrected chi connectivity index (χ0v) is 9.12. The van der Waals surface area contributed by atoms with Crippen LogP contribution in [0.25, 0.3) is 0 Å². The average molecular weight is 244 g/mol. The van der Waals surface area contributed by atoms with E-state index in [0.29, 0.717) is 0 Å². The molecule has 1 aromatic rings. The first-order valence-corrected chi connectivity index (χ1v) is 6.36. The number of hydrogen-bond acceptors (Lipinski definition) is 6. The summed E-state index contributed by atoms with van der Waals surface area (Å²) in [5, 5.41) is 8.33. The van der Waals surface area contributed by atoms with E-state index in [1.54, 1.807) is 11.6 Å². The highest BCUT2D eigenvalue weighted by molar-refractivity contribution is 8.00. The third-order valence-corrected chi connectivity index (χ3v) is 3.21. The van der Waals surface area contributed by atoms with Gasteiger partial charge in [0.05, 0.1) is 0 Å². The van der Waals surface area contributed by atoms with Crippen molar-refractivity contribution in [3.8, 4) is 0 Å². The lowest BCUT2D eigenvalue weighted by molar-refractivity contribution is 0.597. The number of rotatable bonds is 2. The van der Waals surface area contributed by atoms with E-state index in [2.05, 4.69) is 9.82 Å². The summed E-state index contributed by atoms with van der Waals surface area (Å²) in [4.78, 5) is 6.80. The Morgan fingerprint density at radius 3 is 2.93 bits per heavy atom. The first-order chi connectivity index (χ1) is 7.09. The minimum absolute atomic E-state index is 0.00958. The predicted octanol–water partition coefficient (Wildman–Crippen LogP) is 0.173. The summed E-state index contributed by atoms with van der Waals surface area (Å²) >= 11 is 1.32. The minimum atomic E-state index is -3.76. The third kappa shape index (κ3) is 2.12. The summed E-state index contributed by atoms with van der Waals surface area (Å²) in [6.07, 6.45) is 3.17. The number of pyridine rings is 1. The molecule has 0 fully saturated rings. The first-order valence-electron chi connectivity index (χ1n) is 3.94. The van der Waals surface area contributed by atoms with Crippen LogP contribution >= 0.6 is 11.9 Å². The van der Waals surface area contributed by atoms with E-state index in [4.69, 9.17) is 5.14 Å². The number of aromatic nitrogens is 1. The maximum atomic E-state index is 11.3. The van der Waals surface area contributed by atoms with Crippen molar-refractivity contribution in [2.75, 3.05) is 5.01 Å². The highest BCUT2D eigenvalue weighted by atomic mass is 32.2. The highest BCUT2D eigenvalue weighted by Gasteiger charge is 2.19. The van der Waals surface area contributed by atoms with Gasteiger partial charge in [-0.05, 0) is 24.1 Å². The Morgan fingerprint density at radius 1 is 1.53 bits per heavy atom. The van der Waals surface area contributed by atoms with Gasteiger partial charge in [-0.2, -0.15) is 4.83 Å². The molecule has 1 aromatic heterocycles. The number of nitrogens with zero attached hydrogens (tertiary/aromatic N) is 2. The third-order valence-electron chi connectivity index (χ3n) is 1.71. The molecule has 0 saturated carbocycles. The fourth-order valence-corrected chi connectivity index (χ4v) is 2.29. The molecule has 0 aliphatic carbocycles. The number of sulfonamides is 1. The lowest BCUT2D eigenvalue weighted by Gasteiger charge is -2.15. The fourth-order valence-electron chi connectivity index (χ4n) is 1.11. The van der Waals surface area contributed by atoms with Crippen LogP contribution in [0.4, 0.5) is 5.82 Å². The van der Waals surface area contributed by atoms with Crippen LogP contribution in [-0.4, -0.2) is 13.4 Å². The molecule has 0 spiro atoms. The second kappa shape index (κ2) is 3.81. The summed E-state index contributed by atoms with van der Waals surface area (Å²) in [7, 11) is -3.76. The van der Waals surface area contributed by atoms with Crippen molar-refractivity contribution in [2.24, 2.45) is 5.14 Å². The van der Waals surface area contributed by atoms with Gasteiger partial charge in [0.25, 0.3) is 0 Å². The summed E-state index contributed by atoms with van der Waals surface area (Å²) in [5.74, 6) is 0.265. The van der Waals surface area contributed by atoms with Gasteiger partial charge >= 0.3 is 0 Å². The van der Waals surface area contributed by atoms with E-state index in [1.807, 2.05) is 0 Å². The van der Waals surface area contributed by atoms with Crippen LogP contribution in [0.5, 0.6) is 0 Å². The van der Waals surface area contributed by atoms with Crippen molar-refractivity contribution in [3.63, 3.8) is 0 Å². The lowest BCUT2D eigenvalue weighted by Crippen LogP contribution is -2.27. The molecule has 0 saturated heterocycles. The normalized spacial score (nSPS) is 15.9. The molecule has 2 rings (SSSR count). The molecule has 0 atom stereocenters. The van der Waals surface area contributed by atoms with E-state index in [1.165, 1.54) is 35.3 Å². The molecule has 3 N–H and O–H groups in total. The van der Waals surface area contributed by atoms with Crippen molar-refractivity contribution in [2.45, 2.75) is 4.90 Å². The fraction of sp³-hybridized carbons (Fsp3) is 0. The number of hydrogen-bond donors (Lipinski definition) is 2. The van der Waals surface area contributed by atoms with Gasteiger partial charge in [0, 0.05) is 17.8 Å². The van der Waals surface area contributed by atoms with Gasteiger partial charge in [0.15, 0.2) is 5.82 Å². The first kappa shape index (κ1) is 10.4. The van der Waals surface area contributed by atoms with Gasteiger partial charge in [-0.25, -0.2) is 18.5 Å².